The van der Waals surface area contributed by atoms with E-state index in [2.05, 4.69) is 19.2 Å². The number of hydrogen-bond donors (Lipinski definition) is 2. The van der Waals surface area contributed by atoms with Crippen LogP contribution in [0, 0.1) is 0 Å². The fraction of sp³-hybridized carbons (Fsp3) is 0.462. The molecule has 0 aliphatic heterocycles. The molecule has 1 aromatic carbocycles. The number of carbonyl (C=O) groups excluding carboxylic acids is 1. The monoisotopic (exact) mass is 221 g/mol. The zero-order valence-electron chi connectivity index (χ0n) is 9.86. The van der Waals surface area contributed by atoms with Crippen LogP contribution >= 0.6 is 0 Å². The van der Waals surface area contributed by atoms with Gasteiger partial charge < -0.3 is 10.4 Å². The number of rotatable bonds is 5. The van der Waals surface area contributed by atoms with Gasteiger partial charge in [-0.3, -0.25) is 4.79 Å². The maximum Gasteiger partial charge on any atom is 0.251 e. The van der Waals surface area contributed by atoms with Gasteiger partial charge >= 0.3 is 0 Å². The van der Waals surface area contributed by atoms with Gasteiger partial charge in [0.25, 0.3) is 5.91 Å². The van der Waals surface area contributed by atoms with Gasteiger partial charge in [0.05, 0.1) is 6.61 Å². The maximum absolute atomic E-state index is 11.5. The third kappa shape index (κ3) is 3.35. The van der Waals surface area contributed by atoms with Crippen molar-refractivity contribution in [1.82, 2.24) is 5.32 Å². The van der Waals surface area contributed by atoms with Crippen molar-refractivity contribution in [2.45, 2.75) is 26.2 Å². The second-order valence-electron chi connectivity index (χ2n) is 3.91. The molecule has 1 amide bonds. The number of carbonyl (C=O) groups is 1. The Labute approximate surface area is 96.5 Å². The van der Waals surface area contributed by atoms with E-state index >= 15 is 0 Å². The summed E-state index contributed by atoms with van der Waals surface area (Å²) in [6.07, 6.45) is 1.09. The predicted molar refractivity (Wildman–Crippen MR) is 64.6 cm³/mol. The summed E-state index contributed by atoms with van der Waals surface area (Å²) < 4.78 is 0. The van der Waals surface area contributed by atoms with Crippen LogP contribution in [0.1, 0.15) is 42.1 Å². The zero-order valence-corrected chi connectivity index (χ0v) is 9.86. The molecule has 3 nitrogen and oxygen atoms in total. The lowest BCUT2D eigenvalue weighted by molar-refractivity contribution is 0.0945. The second-order valence-corrected chi connectivity index (χ2v) is 3.91. The van der Waals surface area contributed by atoms with Crippen LogP contribution < -0.4 is 5.32 Å². The molecule has 1 unspecified atom stereocenters. The Morgan fingerprint density at radius 2 is 2.00 bits per heavy atom. The summed E-state index contributed by atoms with van der Waals surface area (Å²) in [5, 5.41) is 11.2. The fourth-order valence-corrected chi connectivity index (χ4v) is 1.47. The summed E-state index contributed by atoms with van der Waals surface area (Å²) in [6.45, 7) is 4.58. The summed E-state index contributed by atoms with van der Waals surface area (Å²) >= 11 is 0. The van der Waals surface area contributed by atoms with Crippen molar-refractivity contribution in [1.29, 1.82) is 0 Å². The topological polar surface area (TPSA) is 49.3 Å². The number of nitrogens with one attached hydrogen (secondary N) is 1. The average Bonchev–Trinajstić information content (AvgIpc) is 2.35. The van der Waals surface area contributed by atoms with Crippen LogP contribution in [-0.4, -0.2) is 24.2 Å². The van der Waals surface area contributed by atoms with Gasteiger partial charge in [-0.2, -0.15) is 0 Å². The van der Waals surface area contributed by atoms with Crippen molar-refractivity contribution >= 4 is 5.91 Å². The van der Waals surface area contributed by atoms with Crippen LogP contribution in [-0.2, 0) is 0 Å². The van der Waals surface area contributed by atoms with Crippen LogP contribution in [0.5, 0.6) is 0 Å². The minimum absolute atomic E-state index is 0.0311. The minimum Gasteiger partial charge on any atom is -0.395 e. The number of benzene rings is 1. The molecular weight excluding hydrogens is 202 g/mol. The third-order valence-corrected chi connectivity index (χ3v) is 2.75. The molecule has 0 saturated heterocycles. The van der Waals surface area contributed by atoms with E-state index in [1.807, 2.05) is 24.3 Å². The Balaban J connectivity index is 2.67. The lowest BCUT2D eigenvalue weighted by Crippen LogP contribution is -2.26. The van der Waals surface area contributed by atoms with E-state index in [1.165, 1.54) is 5.56 Å². The van der Waals surface area contributed by atoms with E-state index in [4.69, 9.17) is 5.11 Å². The van der Waals surface area contributed by atoms with Crippen molar-refractivity contribution in [3.8, 4) is 0 Å². The molecule has 1 rings (SSSR count). The van der Waals surface area contributed by atoms with Crippen LogP contribution in [0.3, 0.4) is 0 Å². The Morgan fingerprint density at radius 1 is 1.38 bits per heavy atom. The van der Waals surface area contributed by atoms with Gasteiger partial charge in [-0.05, 0) is 30.0 Å². The van der Waals surface area contributed by atoms with E-state index in [9.17, 15) is 4.79 Å². The van der Waals surface area contributed by atoms with Crippen molar-refractivity contribution in [2.75, 3.05) is 13.2 Å². The molecule has 0 heterocycles. The van der Waals surface area contributed by atoms with Gasteiger partial charge in [0.1, 0.15) is 0 Å². The molecule has 16 heavy (non-hydrogen) atoms. The highest BCUT2D eigenvalue weighted by atomic mass is 16.3. The Bertz CT molecular complexity index is 332. The van der Waals surface area contributed by atoms with Gasteiger partial charge in [0, 0.05) is 12.1 Å². The van der Waals surface area contributed by atoms with Crippen molar-refractivity contribution in [2.24, 2.45) is 0 Å². The first-order chi connectivity index (χ1) is 7.69. The molecule has 1 aromatic rings. The van der Waals surface area contributed by atoms with E-state index < -0.39 is 0 Å². The summed E-state index contributed by atoms with van der Waals surface area (Å²) in [5.74, 6) is 0.388. The highest BCUT2D eigenvalue weighted by Gasteiger charge is 2.06. The fourth-order valence-electron chi connectivity index (χ4n) is 1.47. The van der Waals surface area contributed by atoms with Crippen molar-refractivity contribution in [3.05, 3.63) is 35.4 Å². The van der Waals surface area contributed by atoms with E-state index in [0.29, 0.717) is 18.0 Å². The first-order valence-electron chi connectivity index (χ1n) is 5.68. The molecular formula is C13H19NO2. The van der Waals surface area contributed by atoms with E-state index in [1.54, 1.807) is 0 Å². The van der Waals surface area contributed by atoms with Gasteiger partial charge in [-0.1, -0.05) is 26.0 Å². The van der Waals surface area contributed by atoms with E-state index in [0.717, 1.165) is 6.42 Å². The van der Waals surface area contributed by atoms with Crippen LogP contribution in [0.15, 0.2) is 24.3 Å². The highest BCUT2D eigenvalue weighted by Crippen LogP contribution is 2.18. The Morgan fingerprint density at radius 3 is 2.50 bits per heavy atom. The summed E-state index contributed by atoms with van der Waals surface area (Å²) in [6, 6.07) is 7.63. The number of aliphatic hydroxyl groups is 1. The Kier molecular flexibility index (Phi) is 4.99. The Hall–Kier alpha value is -1.35. The van der Waals surface area contributed by atoms with Crippen molar-refractivity contribution < 1.29 is 9.90 Å². The predicted octanol–water partition coefficient (Wildman–Crippen LogP) is 1.92. The molecule has 0 saturated carbocycles. The molecule has 0 aromatic heterocycles. The second kappa shape index (κ2) is 6.28. The number of aliphatic hydroxyl groups excluding tert-OH is 1. The van der Waals surface area contributed by atoms with Crippen molar-refractivity contribution in [3.63, 3.8) is 0 Å². The molecule has 0 radical (unpaired) electrons. The standard InChI is InChI=1S/C13H19NO2/c1-3-10(2)11-4-6-12(7-5-11)13(16)14-8-9-15/h4-7,10,15H,3,8-9H2,1-2H3,(H,14,16). The smallest absolute Gasteiger partial charge is 0.251 e. The van der Waals surface area contributed by atoms with Gasteiger partial charge in [0.2, 0.25) is 0 Å². The summed E-state index contributed by atoms with van der Waals surface area (Å²) in [7, 11) is 0. The minimum atomic E-state index is -0.134. The molecule has 88 valence electrons. The van der Waals surface area contributed by atoms with Gasteiger partial charge in [0.15, 0.2) is 0 Å². The molecule has 0 aliphatic carbocycles. The number of hydrogen-bond acceptors (Lipinski definition) is 2. The molecule has 2 N–H and O–H groups in total. The number of amides is 1. The largest absolute Gasteiger partial charge is 0.395 e. The molecule has 0 spiro atoms. The first-order valence-corrected chi connectivity index (χ1v) is 5.68. The normalized spacial score (nSPS) is 12.2. The summed E-state index contributed by atoms with van der Waals surface area (Å²) in [4.78, 5) is 11.5. The molecule has 3 heteroatoms. The lowest BCUT2D eigenvalue weighted by atomic mass is 9.97. The van der Waals surface area contributed by atoms with Crippen LogP contribution in [0.25, 0.3) is 0 Å². The van der Waals surface area contributed by atoms with Crippen LogP contribution in [0.4, 0.5) is 0 Å². The third-order valence-electron chi connectivity index (χ3n) is 2.75. The first kappa shape index (κ1) is 12.7. The lowest BCUT2D eigenvalue weighted by Gasteiger charge is -2.09. The molecule has 1 atom stereocenters. The SMILES string of the molecule is CCC(C)c1ccc(C(=O)NCCO)cc1. The maximum atomic E-state index is 11.5. The van der Waals surface area contributed by atoms with E-state index in [-0.39, 0.29) is 12.5 Å². The summed E-state index contributed by atoms with van der Waals surface area (Å²) in [5.41, 5.74) is 1.89. The average molecular weight is 221 g/mol. The van der Waals surface area contributed by atoms with Gasteiger partial charge in [-0.15, -0.1) is 0 Å². The molecule has 0 bridgehead atoms. The van der Waals surface area contributed by atoms with Gasteiger partial charge in [-0.25, -0.2) is 0 Å². The zero-order chi connectivity index (χ0) is 12.0. The highest BCUT2D eigenvalue weighted by molar-refractivity contribution is 5.94. The van der Waals surface area contributed by atoms with Crippen LogP contribution in [0.2, 0.25) is 0 Å². The molecule has 0 aliphatic rings. The quantitative estimate of drug-likeness (QED) is 0.798. The molecule has 0 fully saturated rings.